The number of hydrogen-bond donors (Lipinski definition) is 0. The summed E-state index contributed by atoms with van der Waals surface area (Å²) in [5.41, 5.74) is 1.20. The molecule has 0 aliphatic heterocycles. The van der Waals surface area contributed by atoms with Gasteiger partial charge in [0.1, 0.15) is 0 Å². The van der Waals surface area contributed by atoms with E-state index < -0.39 is 0 Å². The van der Waals surface area contributed by atoms with Gasteiger partial charge in [0, 0.05) is 4.47 Å². The Hall–Kier alpha value is -0.830. The van der Waals surface area contributed by atoms with E-state index in [1.54, 1.807) is 0 Å². The molecule has 0 aromatic heterocycles. The van der Waals surface area contributed by atoms with E-state index >= 15 is 0 Å². The number of carbonyl (C=O) groups is 1. The summed E-state index contributed by atoms with van der Waals surface area (Å²) in [5, 5.41) is 0. The first-order valence-electron chi connectivity index (χ1n) is 6.08. The van der Waals surface area contributed by atoms with Crippen LogP contribution in [0.15, 0.2) is 28.7 Å². The molecule has 0 amide bonds. The van der Waals surface area contributed by atoms with Crippen molar-refractivity contribution in [2.75, 3.05) is 6.61 Å². The molecule has 2 nitrogen and oxygen atoms in total. The number of carbonyl (C=O) groups excluding carboxylic acids is 1. The van der Waals surface area contributed by atoms with E-state index in [1.165, 1.54) is 5.56 Å². The number of ether oxygens (including phenoxy) is 1. The van der Waals surface area contributed by atoms with Crippen molar-refractivity contribution in [2.45, 2.75) is 39.0 Å². The molecule has 0 N–H and O–H groups in total. The van der Waals surface area contributed by atoms with Crippen LogP contribution in [-0.2, 0) is 9.53 Å². The molecule has 3 heteroatoms. The van der Waals surface area contributed by atoms with Crippen LogP contribution >= 0.6 is 15.9 Å². The molecule has 1 rings (SSSR count). The van der Waals surface area contributed by atoms with Gasteiger partial charge in [0.2, 0.25) is 0 Å². The summed E-state index contributed by atoms with van der Waals surface area (Å²) in [4.78, 5) is 11.6. The normalized spacial score (nSPS) is 12.2. The lowest BCUT2D eigenvalue weighted by Gasteiger charge is -2.14. The van der Waals surface area contributed by atoms with E-state index in [-0.39, 0.29) is 11.9 Å². The van der Waals surface area contributed by atoms with Crippen molar-refractivity contribution in [3.05, 3.63) is 34.3 Å². The predicted octanol–water partition coefficient (Wildman–Crippen LogP) is 4.29. The van der Waals surface area contributed by atoms with E-state index in [0.717, 1.165) is 17.3 Å². The molecular formula is C14H19BrO2. The highest BCUT2D eigenvalue weighted by Gasteiger charge is 2.14. The van der Waals surface area contributed by atoms with Crippen molar-refractivity contribution in [1.29, 1.82) is 0 Å². The Labute approximate surface area is 111 Å². The number of esters is 1. The second kappa shape index (κ2) is 7.49. The summed E-state index contributed by atoms with van der Waals surface area (Å²) in [6, 6.07) is 8.14. The molecule has 0 bridgehead atoms. The first-order chi connectivity index (χ1) is 8.17. The zero-order chi connectivity index (χ0) is 12.7. The molecule has 17 heavy (non-hydrogen) atoms. The van der Waals surface area contributed by atoms with Gasteiger partial charge in [-0.2, -0.15) is 0 Å². The van der Waals surface area contributed by atoms with Gasteiger partial charge in [-0.05, 0) is 36.5 Å². The van der Waals surface area contributed by atoms with Gasteiger partial charge in [0.05, 0.1) is 13.0 Å². The Kier molecular flexibility index (Phi) is 6.27. The average molecular weight is 299 g/mol. The van der Waals surface area contributed by atoms with Gasteiger partial charge in [0.15, 0.2) is 0 Å². The van der Waals surface area contributed by atoms with Crippen LogP contribution in [0.5, 0.6) is 0 Å². The highest BCUT2D eigenvalue weighted by atomic mass is 79.9. The molecule has 0 spiro atoms. The summed E-state index contributed by atoms with van der Waals surface area (Å²) in [5.74, 6) is 0.161. The molecular weight excluding hydrogens is 280 g/mol. The minimum absolute atomic E-state index is 0.0957. The third-order valence-electron chi connectivity index (χ3n) is 2.71. The first kappa shape index (κ1) is 14.2. The zero-order valence-corrected chi connectivity index (χ0v) is 12.0. The summed E-state index contributed by atoms with van der Waals surface area (Å²) >= 11 is 3.41. The van der Waals surface area contributed by atoms with Crippen molar-refractivity contribution in [1.82, 2.24) is 0 Å². The van der Waals surface area contributed by atoms with E-state index in [9.17, 15) is 4.79 Å². The van der Waals surface area contributed by atoms with Crippen molar-refractivity contribution < 1.29 is 9.53 Å². The van der Waals surface area contributed by atoms with Gasteiger partial charge in [0.25, 0.3) is 0 Å². The molecule has 1 aromatic carbocycles. The fourth-order valence-corrected chi connectivity index (χ4v) is 1.97. The van der Waals surface area contributed by atoms with Crippen LogP contribution < -0.4 is 0 Å². The smallest absolute Gasteiger partial charge is 0.306 e. The van der Waals surface area contributed by atoms with Gasteiger partial charge >= 0.3 is 5.97 Å². The Balaban J connectivity index is 2.59. The highest BCUT2D eigenvalue weighted by molar-refractivity contribution is 9.10. The third-order valence-corrected chi connectivity index (χ3v) is 3.24. The maximum atomic E-state index is 11.6. The largest absolute Gasteiger partial charge is 0.466 e. The van der Waals surface area contributed by atoms with Gasteiger partial charge in [-0.25, -0.2) is 0 Å². The van der Waals surface area contributed by atoms with Crippen molar-refractivity contribution in [2.24, 2.45) is 0 Å². The Morgan fingerprint density at radius 2 is 1.94 bits per heavy atom. The number of hydrogen-bond acceptors (Lipinski definition) is 2. The Bertz CT molecular complexity index is 346. The second-order valence-corrected chi connectivity index (χ2v) is 5.00. The SMILES string of the molecule is CCCOC(=O)CC(CC)c1ccc(Br)cc1. The average Bonchev–Trinajstić information content (AvgIpc) is 2.34. The maximum absolute atomic E-state index is 11.6. The number of rotatable bonds is 6. The number of benzene rings is 1. The Morgan fingerprint density at radius 3 is 2.47 bits per heavy atom. The van der Waals surface area contributed by atoms with Gasteiger partial charge in [-0.15, -0.1) is 0 Å². The molecule has 1 atom stereocenters. The molecule has 94 valence electrons. The van der Waals surface area contributed by atoms with Crippen LogP contribution in [0.2, 0.25) is 0 Å². The molecule has 0 saturated carbocycles. The van der Waals surface area contributed by atoms with Crippen LogP contribution in [-0.4, -0.2) is 12.6 Å². The lowest BCUT2D eigenvalue weighted by molar-refractivity contribution is -0.144. The quantitative estimate of drug-likeness (QED) is 0.733. The fraction of sp³-hybridized carbons (Fsp3) is 0.500. The van der Waals surface area contributed by atoms with Crippen LogP contribution in [0.3, 0.4) is 0 Å². The van der Waals surface area contributed by atoms with Crippen molar-refractivity contribution in [3.63, 3.8) is 0 Å². The highest BCUT2D eigenvalue weighted by Crippen LogP contribution is 2.25. The molecule has 1 aromatic rings. The van der Waals surface area contributed by atoms with Gasteiger partial charge < -0.3 is 4.74 Å². The van der Waals surface area contributed by atoms with E-state index in [4.69, 9.17) is 4.74 Å². The maximum Gasteiger partial charge on any atom is 0.306 e. The standard InChI is InChI=1S/C14H19BrO2/c1-3-9-17-14(16)10-11(4-2)12-5-7-13(15)8-6-12/h5-8,11H,3-4,9-10H2,1-2H3. The van der Waals surface area contributed by atoms with E-state index in [0.29, 0.717) is 13.0 Å². The molecule has 1 unspecified atom stereocenters. The number of halogens is 1. The summed E-state index contributed by atoms with van der Waals surface area (Å²) < 4.78 is 6.18. The van der Waals surface area contributed by atoms with Crippen molar-refractivity contribution >= 4 is 21.9 Å². The monoisotopic (exact) mass is 298 g/mol. The van der Waals surface area contributed by atoms with Crippen LogP contribution in [0.1, 0.15) is 44.6 Å². The van der Waals surface area contributed by atoms with Crippen LogP contribution in [0.25, 0.3) is 0 Å². The molecule has 0 radical (unpaired) electrons. The molecule has 0 aliphatic rings. The minimum Gasteiger partial charge on any atom is -0.466 e. The van der Waals surface area contributed by atoms with Gasteiger partial charge in [-0.1, -0.05) is 41.9 Å². The first-order valence-corrected chi connectivity index (χ1v) is 6.87. The van der Waals surface area contributed by atoms with Crippen LogP contribution in [0, 0.1) is 0 Å². The molecule has 0 saturated heterocycles. The van der Waals surface area contributed by atoms with Gasteiger partial charge in [-0.3, -0.25) is 4.79 Å². The summed E-state index contributed by atoms with van der Waals surface area (Å²) in [6.07, 6.45) is 2.29. The van der Waals surface area contributed by atoms with E-state index in [2.05, 4.69) is 35.0 Å². The van der Waals surface area contributed by atoms with Crippen LogP contribution in [0.4, 0.5) is 0 Å². The topological polar surface area (TPSA) is 26.3 Å². The molecule has 0 heterocycles. The fourth-order valence-electron chi connectivity index (χ4n) is 1.71. The molecule has 0 aliphatic carbocycles. The lowest BCUT2D eigenvalue weighted by Crippen LogP contribution is -2.10. The van der Waals surface area contributed by atoms with E-state index in [1.807, 2.05) is 19.1 Å². The second-order valence-electron chi connectivity index (χ2n) is 4.08. The lowest BCUT2D eigenvalue weighted by atomic mass is 9.93. The van der Waals surface area contributed by atoms with Crippen molar-refractivity contribution in [3.8, 4) is 0 Å². The third kappa shape index (κ3) is 4.90. The summed E-state index contributed by atoms with van der Waals surface area (Å²) in [6.45, 7) is 4.62. The zero-order valence-electron chi connectivity index (χ0n) is 10.4. The minimum atomic E-state index is -0.0957. The molecule has 0 fully saturated rings. The Morgan fingerprint density at radius 1 is 1.29 bits per heavy atom. The summed E-state index contributed by atoms with van der Waals surface area (Å²) in [7, 11) is 0. The predicted molar refractivity (Wildman–Crippen MR) is 73.0 cm³/mol.